The highest BCUT2D eigenvalue weighted by Gasteiger charge is 2.33. The second-order valence-corrected chi connectivity index (χ2v) is 7.73. The van der Waals surface area contributed by atoms with Gasteiger partial charge in [0.15, 0.2) is 0 Å². The van der Waals surface area contributed by atoms with Crippen LogP contribution in [0, 0.1) is 13.8 Å². The van der Waals surface area contributed by atoms with Crippen LogP contribution in [0.1, 0.15) is 46.3 Å². The molecule has 0 saturated carbocycles. The monoisotopic (exact) mass is 362 g/mol. The number of hydrogen-bond acceptors (Lipinski definition) is 2. The van der Waals surface area contributed by atoms with Gasteiger partial charge in [-0.05, 0) is 56.4 Å². The van der Waals surface area contributed by atoms with Crippen molar-refractivity contribution in [2.75, 3.05) is 18.0 Å². The van der Waals surface area contributed by atoms with E-state index in [1.165, 1.54) is 11.1 Å². The number of likely N-dealkylation sites (tertiary alicyclic amines) is 1. The van der Waals surface area contributed by atoms with Gasteiger partial charge in [0.05, 0.1) is 0 Å². The number of anilines is 1. The number of amides is 2. The molecule has 0 unspecified atom stereocenters. The van der Waals surface area contributed by atoms with Crippen molar-refractivity contribution >= 4 is 17.5 Å². The number of carbonyl (C=O) groups excluding carboxylic acids is 2. The van der Waals surface area contributed by atoms with E-state index in [0.717, 1.165) is 36.1 Å². The fourth-order valence-electron chi connectivity index (χ4n) is 4.41. The zero-order chi connectivity index (χ0) is 19.0. The maximum atomic E-state index is 12.9. The molecule has 2 aliphatic rings. The summed E-state index contributed by atoms with van der Waals surface area (Å²) in [6.45, 7) is 5.43. The summed E-state index contributed by atoms with van der Waals surface area (Å²) >= 11 is 0. The highest BCUT2D eigenvalue weighted by molar-refractivity contribution is 5.97. The lowest BCUT2D eigenvalue weighted by Crippen LogP contribution is -2.50. The van der Waals surface area contributed by atoms with E-state index >= 15 is 0 Å². The Morgan fingerprint density at radius 3 is 2.48 bits per heavy atom. The van der Waals surface area contributed by atoms with Crippen molar-refractivity contribution in [1.82, 2.24) is 4.90 Å². The third kappa shape index (κ3) is 3.36. The lowest BCUT2D eigenvalue weighted by atomic mass is 9.95. The molecule has 0 radical (unpaired) electrons. The lowest BCUT2D eigenvalue weighted by Gasteiger charge is -2.41. The molecule has 4 rings (SSSR count). The predicted molar refractivity (Wildman–Crippen MR) is 107 cm³/mol. The minimum absolute atomic E-state index is 0.108. The van der Waals surface area contributed by atoms with E-state index in [0.29, 0.717) is 19.5 Å². The summed E-state index contributed by atoms with van der Waals surface area (Å²) in [5.74, 6) is 0.323. The predicted octanol–water partition coefficient (Wildman–Crippen LogP) is 3.89. The Morgan fingerprint density at radius 2 is 1.74 bits per heavy atom. The maximum Gasteiger partial charge on any atom is 0.254 e. The Hall–Kier alpha value is -2.62. The number of piperidine rings is 1. The zero-order valence-electron chi connectivity index (χ0n) is 16.1. The Kier molecular flexibility index (Phi) is 4.73. The van der Waals surface area contributed by atoms with Gasteiger partial charge in [-0.3, -0.25) is 9.59 Å². The van der Waals surface area contributed by atoms with Crippen LogP contribution < -0.4 is 4.90 Å². The van der Waals surface area contributed by atoms with Crippen LogP contribution in [0.5, 0.6) is 0 Å². The van der Waals surface area contributed by atoms with Crippen molar-refractivity contribution in [3.05, 3.63) is 64.7 Å². The number of fused-ring (bicyclic) bond motifs is 1. The van der Waals surface area contributed by atoms with Crippen LogP contribution >= 0.6 is 0 Å². The van der Waals surface area contributed by atoms with E-state index in [1.54, 1.807) is 0 Å². The molecular formula is C23H26N2O2. The average molecular weight is 362 g/mol. The standard InChI is InChI=1S/C23H26N2O2/c1-16-7-9-20(17(2)15-16)23(27)24-13-11-19(12-14-24)25-21-6-4-3-5-18(21)8-10-22(25)26/h3-7,9,15,19H,8,10-14H2,1-2H3. The van der Waals surface area contributed by atoms with Crippen molar-refractivity contribution in [2.45, 2.75) is 45.6 Å². The molecule has 4 heteroatoms. The Morgan fingerprint density at radius 1 is 1.00 bits per heavy atom. The molecule has 2 aromatic rings. The van der Waals surface area contributed by atoms with E-state index in [4.69, 9.17) is 0 Å². The minimum atomic E-state index is 0.108. The molecule has 140 valence electrons. The summed E-state index contributed by atoms with van der Waals surface area (Å²) in [6, 6.07) is 14.4. The average Bonchev–Trinajstić information content (AvgIpc) is 2.68. The van der Waals surface area contributed by atoms with Crippen molar-refractivity contribution in [1.29, 1.82) is 0 Å². The summed E-state index contributed by atoms with van der Waals surface area (Å²) < 4.78 is 0. The first-order valence-electron chi connectivity index (χ1n) is 9.81. The minimum Gasteiger partial charge on any atom is -0.338 e. The van der Waals surface area contributed by atoms with Crippen LogP contribution in [-0.4, -0.2) is 35.8 Å². The second-order valence-electron chi connectivity index (χ2n) is 7.73. The van der Waals surface area contributed by atoms with Gasteiger partial charge in [0.2, 0.25) is 5.91 Å². The molecule has 0 bridgehead atoms. The largest absolute Gasteiger partial charge is 0.338 e. The van der Waals surface area contributed by atoms with Crippen molar-refractivity contribution in [3.8, 4) is 0 Å². The molecular weight excluding hydrogens is 336 g/mol. The van der Waals surface area contributed by atoms with Crippen molar-refractivity contribution < 1.29 is 9.59 Å². The van der Waals surface area contributed by atoms with Crippen LogP contribution in [0.3, 0.4) is 0 Å². The smallest absolute Gasteiger partial charge is 0.254 e. The molecule has 4 nitrogen and oxygen atoms in total. The summed E-state index contributed by atoms with van der Waals surface area (Å²) in [5, 5.41) is 0. The van der Waals surface area contributed by atoms with Gasteiger partial charge >= 0.3 is 0 Å². The van der Waals surface area contributed by atoms with Crippen molar-refractivity contribution in [2.24, 2.45) is 0 Å². The van der Waals surface area contributed by atoms with Crippen LogP contribution in [0.2, 0.25) is 0 Å². The topological polar surface area (TPSA) is 40.6 Å². The van der Waals surface area contributed by atoms with Gasteiger partial charge in [-0.15, -0.1) is 0 Å². The molecule has 2 heterocycles. The number of rotatable bonds is 2. The maximum absolute atomic E-state index is 12.9. The van der Waals surface area contributed by atoms with Crippen LogP contribution in [0.15, 0.2) is 42.5 Å². The fraction of sp³-hybridized carbons (Fsp3) is 0.391. The molecule has 0 aromatic heterocycles. The molecule has 0 atom stereocenters. The number of nitrogens with zero attached hydrogens (tertiary/aromatic N) is 2. The molecule has 2 aromatic carbocycles. The quantitative estimate of drug-likeness (QED) is 0.813. The number of aryl methyl sites for hydroxylation is 3. The highest BCUT2D eigenvalue weighted by Crippen LogP contribution is 2.32. The summed E-state index contributed by atoms with van der Waals surface area (Å²) in [4.78, 5) is 29.5. The third-order valence-corrected chi connectivity index (χ3v) is 5.86. The van der Waals surface area contributed by atoms with Gasteiger partial charge in [0, 0.05) is 36.8 Å². The van der Waals surface area contributed by atoms with E-state index in [9.17, 15) is 9.59 Å². The molecule has 1 fully saturated rings. The zero-order valence-corrected chi connectivity index (χ0v) is 16.1. The van der Waals surface area contributed by atoms with Gasteiger partial charge in [-0.2, -0.15) is 0 Å². The van der Waals surface area contributed by atoms with E-state index in [2.05, 4.69) is 18.2 Å². The molecule has 2 amide bonds. The number of carbonyl (C=O) groups is 2. The summed E-state index contributed by atoms with van der Waals surface area (Å²) in [7, 11) is 0. The first-order chi connectivity index (χ1) is 13.0. The summed E-state index contributed by atoms with van der Waals surface area (Å²) in [5.41, 5.74) is 5.31. The van der Waals surface area contributed by atoms with Gasteiger partial charge < -0.3 is 9.80 Å². The van der Waals surface area contributed by atoms with Gasteiger partial charge in [-0.1, -0.05) is 35.9 Å². The van der Waals surface area contributed by atoms with E-state index in [1.807, 2.05) is 47.9 Å². The fourth-order valence-corrected chi connectivity index (χ4v) is 4.41. The molecule has 1 saturated heterocycles. The van der Waals surface area contributed by atoms with Crippen LogP contribution in [0.25, 0.3) is 0 Å². The third-order valence-electron chi connectivity index (χ3n) is 5.86. The first kappa shape index (κ1) is 17.8. The van der Waals surface area contributed by atoms with E-state index in [-0.39, 0.29) is 17.9 Å². The number of para-hydroxylation sites is 1. The van der Waals surface area contributed by atoms with Gasteiger partial charge in [0.25, 0.3) is 5.91 Å². The number of hydrogen-bond donors (Lipinski definition) is 0. The van der Waals surface area contributed by atoms with E-state index < -0.39 is 0 Å². The van der Waals surface area contributed by atoms with Crippen LogP contribution in [0.4, 0.5) is 5.69 Å². The number of benzene rings is 2. The highest BCUT2D eigenvalue weighted by atomic mass is 16.2. The Balaban J connectivity index is 1.48. The van der Waals surface area contributed by atoms with Gasteiger partial charge in [0.1, 0.15) is 0 Å². The first-order valence-corrected chi connectivity index (χ1v) is 9.81. The Labute approximate surface area is 160 Å². The second kappa shape index (κ2) is 7.18. The lowest BCUT2D eigenvalue weighted by molar-refractivity contribution is -0.119. The molecule has 0 spiro atoms. The van der Waals surface area contributed by atoms with Crippen molar-refractivity contribution in [3.63, 3.8) is 0 Å². The molecule has 27 heavy (non-hydrogen) atoms. The SMILES string of the molecule is Cc1ccc(C(=O)N2CCC(N3C(=O)CCc4ccccc43)CC2)c(C)c1. The molecule has 0 aliphatic carbocycles. The normalized spacial score (nSPS) is 17.8. The summed E-state index contributed by atoms with van der Waals surface area (Å²) in [6.07, 6.45) is 3.07. The molecule has 0 N–H and O–H groups in total. The van der Waals surface area contributed by atoms with Gasteiger partial charge in [-0.25, -0.2) is 0 Å². The van der Waals surface area contributed by atoms with Crippen LogP contribution in [-0.2, 0) is 11.2 Å². The molecule has 2 aliphatic heterocycles. The Bertz CT molecular complexity index is 882.